The van der Waals surface area contributed by atoms with E-state index in [0.717, 1.165) is 186 Å². The van der Waals surface area contributed by atoms with Gasteiger partial charge in [-0.25, -0.2) is 9.13 Å². The highest BCUT2D eigenvalue weighted by molar-refractivity contribution is 7.47. The van der Waals surface area contributed by atoms with Gasteiger partial charge >= 0.3 is 39.5 Å². The van der Waals surface area contributed by atoms with Gasteiger partial charge in [-0.05, 0) is 167 Å². The molecule has 5 unspecified atom stereocenters. The van der Waals surface area contributed by atoms with Gasteiger partial charge in [-0.15, -0.1) is 0 Å². The molecule has 614 valence electrons. The van der Waals surface area contributed by atoms with Gasteiger partial charge in [0.05, 0.1) is 26.4 Å². The zero-order chi connectivity index (χ0) is 78.9. The third-order valence-electron chi connectivity index (χ3n) is 16.7. The molecule has 0 aliphatic heterocycles. The largest absolute Gasteiger partial charge is 0.472 e. The van der Waals surface area contributed by atoms with Crippen LogP contribution in [0.2, 0.25) is 0 Å². The molecule has 0 aliphatic carbocycles. The van der Waals surface area contributed by atoms with Gasteiger partial charge in [0.1, 0.15) is 19.3 Å². The van der Waals surface area contributed by atoms with E-state index in [1.165, 1.54) is 38.5 Å². The topological polar surface area (TPSA) is 237 Å². The lowest BCUT2D eigenvalue weighted by Crippen LogP contribution is -2.30. The summed E-state index contributed by atoms with van der Waals surface area (Å²) in [7, 11) is -10.0. The third-order valence-corrected chi connectivity index (χ3v) is 18.6. The number of aliphatic hydroxyl groups is 1. The van der Waals surface area contributed by atoms with E-state index in [-0.39, 0.29) is 25.7 Å². The van der Waals surface area contributed by atoms with Crippen LogP contribution in [-0.4, -0.2) is 96.7 Å². The normalized spacial score (nSPS) is 14.7. The number of allylic oxidation sites excluding steroid dienone is 28. The highest BCUT2D eigenvalue weighted by atomic mass is 31.2. The smallest absolute Gasteiger partial charge is 0.462 e. The number of unbranched alkanes of at least 4 members (excludes halogenated alkanes) is 22. The SMILES string of the molecule is CC/C=C\C/C=C\C/C=C\C/C=C\C/C=C\CCCC(=O)OC(COC(=O)CCCCCCCC/C=C\C/C=C\C/C=C\C/C=C\CC)COP(=O)(O)OCC(O)COP(=O)(O)OCC(COC(=O)CCCCCC/C=C\C/C=C\C/C=C\C/C=C\CC)OC(=O)CCCCCCC/C=C\CCCCCCCC. The zero-order valence-electron chi connectivity index (χ0n) is 67.2. The Balaban J connectivity index is 5.47. The third kappa shape index (κ3) is 78.5. The second kappa shape index (κ2) is 79.5. The van der Waals surface area contributed by atoms with Crippen LogP contribution in [-0.2, 0) is 65.4 Å². The molecule has 0 fully saturated rings. The van der Waals surface area contributed by atoms with E-state index >= 15 is 0 Å². The summed E-state index contributed by atoms with van der Waals surface area (Å²) in [5.41, 5.74) is 0. The fourth-order valence-corrected chi connectivity index (χ4v) is 12.0. The van der Waals surface area contributed by atoms with Crippen molar-refractivity contribution < 1.29 is 80.2 Å². The lowest BCUT2D eigenvalue weighted by Gasteiger charge is -2.21. The first kappa shape index (κ1) is 102. The van der Waals surface area contributed by atoms with E-state index in [1.807, 2.05) is 12.2 Å². The highest BCUT2D eigenvalue weighted by Gasteiger charge is 2.30. The van der Waals surface area contributed by atoms with Gasteiger partial charge in [0.15, 0.2) is 12.2 Å². The van der Waals surface area contributed by atoms with Crippen molar-refractivity contribution in [2.24, 2.45) is 0 Å². The van der Waals surface area contributed by atoms with Crippen molar-refractivity contribution in [2.75, 3.05) is 39.6 Å². The molecule has 19 heteroatoms. The highest BCUT2D eigenvalue weighted by Crippen LogP contribution is 2.45. The quantitative estimate of drug-likeness (QED) is 0.0169. The molecule has 0 aromatic rings. The van der Waals surface area contributed by atoms with E-state index in [1.54, 1.807) is 0 Å². The van der Waals surface area contributed by atoms with Crippen LogP contribution < -0.4 is 0 Å². The number of hydrogen-bond donors (Lipinski definition) is 3. The molecule has 0 aromatic heterocycles. The van der Waals surface area contributed by atoms with Gasteiger partial charge < -0.3 is 33.8 Å². The molecule has 108 heavy (non-hydrogen) atoms. The minimum absolute atomic E-state index is 0.00676. The van der Waals surface area contributed by atoms with E-state index in [4.69, 9.17) is 37.0 Å². The monoisotopic (exact) mass is 1550 g/mol. The van der Waals surface area contributed by atoms with Crippen LogP contribution in [0.15, 0.2) is 170 Å². The molecular weight excluding hydrogens is 1400 g/mol. The van der Waals surface area contributed by atoms with Crippen molar-refractivity contribution in [3.63, 3.8) is 0 Å². The van der Waals surface area contributed by atoms with E-state index in [9.17, 15) is 43.2 Å². The minimum Gasteiger partial charge on any atom is -0.462 e. The Morgan fingerprint density at radius 1 is 0.269 bits per heavy atom. The number of rotatable bonds is 76. The van der Waals surface area contributed by atoms with Gasteiger partial charge in [0, 0.05) is 25.7 Å². The summed E-state index contributed by atoms with van der Waals surface area (Å²) >= 11 is 0. The van der Waals surface area contributed by atoms with Crippen molar-refractivity contribution in [3.05, 3.63) is 170 Å². The molecule has 0 aromatic carbocycles. The van der Waals surface area contributed by atoms with E-state index < -0.39 is 97.5 Å². The second-order valence-corrected chi connectivity index (χ2v) is 29.8. The van der Waals surface area contributed by atoms with Crippen LogP contribution in [0, 0.1) is 0 Å². The number of phosphoric ester groups is 2. The fourth-order valence-electron chi connectivity index (χ4n) is 10.5. The summed E-state index contributed by atoms with van der Waals surface area (Å²) in [5.74, 6) is -2.30. The van der Waals surface area contributed by atoms with Crippen molar-refractivity contribution in [3.8, 4) is 0 Å². The molecule has 0 rings (SSSR count). The van der Waals surface area contributed by atoms with Crippen LogP contribution in [0.4, 0.5) is 0 Å². The van der Waals surface area contributed by atoms with Gasteiger partial charge in [-0.2, -0.15) is 0 Å². The summed E-state index contributed by atoms with van der Waals surface area (Å²) in [6.07, 6.45) is 94.7. The van der Waals surface area contributed by atoms with Gasteiger partial charge in [-0.3, -0.25) is 37.3 Å². The Kier molecular flexibility index (Phi) is 75.4. The van der Waals surface area contributed by atoms with Crippen molar-refractivity contribution in [1.29, 1.82) is 0 Å². The second-order valence-electron chi connectivity index (χ2n) is 26.9. The summed E-state index contributed by atoms with van der Waals surface area (Å²) in [5, 5.41) is 10.7. The number of hydrogen-bond acceptors (Lipinski definition) is 15. The van der Waals surface area contributed by atoms with Crippen molar-refractivity contribution in [1.82, 2.24) is 0 Å². The van der Waals surface area contributed by atoms with Crippen LogP contribution in [0.5, 0.6) is 0 Å². The molecule has 0 heterocycles. The molecule has 0 radical (unpaired) electrons. The predicted octanol–water partition coefficient (Wildman–Crippen LogP) is 24.6. The van der Waals surface area contributed by atoms with Crippen molar-refractivity contribution >= 4 is 39.5 Å². The Morgan fingerprint density at radius 2 is 0.491 bits per heavy atom. The standard InChI is InChI=1S/C89H146O17P2/c1-5-9-13-17-21-25-29-33-37-40-41-44-47-50-54-58-62-66-70-74-87(92)100-80-85(106-89(94)76-72-68-64-60-56-52-48-43-39-35-31-27-23-19-15-11-7-3)82-104-108(97,98)102-78-83(90)77-101-107(95,96)103-81-84(105-88(93)75-71-67-63-59-55-51-45-36-32-28-24-20-16-12-8-4)79-99-86(91)73-69-65-61-57-53-49-46-42-38-34-30-26-22-18-14-10-6-2/h9-11,13-15,21-23,25-27,33-39,41,44-46,48-49,52,60,64,83-85,90H,5-8,12,16-20,24,28-32,40,42-43,47,50-51,53-59,61-63,65-82H2,1-4H3,(H,95,96)(H,97,98)/b13-9-,14-10-,15-11-,25-21-,26-22-,27-23-,37-33-,38-34-,39-35-,44-41-,45-36-,49-46-,52-48-,64-60-. The van der Waals surface area contributed by atoms with E-state index in [0.29, 0.717) is 32.1 Å². The van der Waals surface area contributed by atoms with E-state index in [2.05, 4.69) is 186 Å². The molecule has 0 spiro atoms. The average Bonchev–Trinajstić information content (AvgIpc) is 0.900. The maximum Gasteiger partial charge on any atom is 0.472 e. The van der Waals surface area contributed by atoms with Crippen LogP contribution in [0.25, 0.3) is 0 Å². The maximum atomic E-state index is 13.1. The first-order chi connectivity index (χ1) is 52.7. The van der Waals surface area contributed by atoms with Crippen molar-refractivity contribution in [2.45, 2.75) is 329 Å². The zero-order valence-corrected chi connectivity index (χ0v) is 69.0. The molecule has 5 atom stereocenters. The number of esters is 4. The molecular formula is C89H146O17P2. The molecule has 0 saturated carbocycles. The Bertz CT molecular complexity index is 2710. The number of aliphatic hydroxyl groups excluding tert-OH is 1. The maximum absolute atomic E-state index is 13.1. The molecule has 0 aliphatic rings. The minimum atomic E-state index is -5.01. The fraction of sp³-hybridized carbons (Fsp3) is 0.640. The Hall–Kier alpha value is -5.58. The predicted molar refractivity (Wildman–Crippen MR) is 445 cm³/mol. The number of carbonyl (C=O) groups excluding carboxylic acids is 4. The van der Waals surface area contributed by atoms with Gasteiger partial charge in [0.25, 0.3) is 0 Å². The van der Waals surface area contributed by atoms with Crippen LogP contribution in [0.1, 0.15) is 310 Å². The summed E-state index contributed by atoms with van der Waals surface area (Å²) < 4.78 is 68.6. The van der Waals surface area contributed by atoms with Crippen LogP contribution in [0.3, 0.4) is 0 Å². The lowest BCUT2D eigenvalue weighted by atomic mass is 10.1. The molecule has 0 saturated heterocycles. The number of carbonyl (C=O) groups is 4. The first-order valence-corrected chi connectivity index (χ1v) is 44.4. The van der Waals surface area contributed by atoms with Gasteiger partial charge in [-0.1, -0.05) is 288 Å². The number of ether oxygens (including phenoxy) is 4. The summed E-state index contributed by atoms with van der Waals surface area (Å²) in [6, 6.07) is 0. The first-order valence-electron chi connectivity index (χ1n) is 41.4. The Morgan fingerprint density at radius 3 is 0.787 bits per heavy atom. The average molecular weight is 1550 g/mol. The summed E-state index contributed by atoms with van der Waals surface area (Å²) in [6.45, 7) is 4.42. The number of phosphoric acid groups is 2. The van der Waals surface area contributed by atoms with Gasteiger partial charge in [0.2, 0.25) is 0 Å². The molecule has 0 bridgehead atoms. The summed E-state index contributed by atoms with van der Waals surface area (Å²) in [4.78, 5) is 73.2. The van der Waals surface area contributed by atoms with Crippen LogP contribution >= 0.6 is 15.6 Å². The Labute approximate surface area is 654 Å². The lowest BCUT2D eigenvalue weighted by molar-refractivity contribution is -0.161. The molecule has 17 nitrogen and oxygen atoms in total. The molecule has 3 N–H and O–H groups in total. The molecule has 0 amide bonds.